The summed E-state index contributed by atoms with van der Waals surface area (Å²) in [5.74, 6) is 1.85. The first-order valence-electron chi connectivity index (χ1n) is 6.91. The fourth-order valence-electron chi connectivity index (χ4n) is 2.12. The van der Waals surface area contributed by atoms with Crippen LogP contribution >= 0.6 is 0 Å². The summed E-state index contributed by atoms with van der Waals surface area (Å²) in [6, 6.07) is 0. The van der Waals surface area contributed by atoms with Gasteiger partial charge in [-0.1, -0.05) is 13.8 Å². The van der Waals surface area contributed by atoms with Crippen LogP contribution < -0.4 is 5.32 Å². The molecule has 2 heterocycles. The molecule has 0 radical (unpaired) electrons. The van der Waals surface area contributed by atoms with Crippen molar-refractivity contribution in [2.24, 2.45) is 0 Å². The van der Waals surface area contributed by atoms with E-state index in [9.17, 15) is 0 Å². The Morgan fingerprint density at radius 1 is 1.16 bits per heavy atom. The van der Waals surface area contributed by atoms with Gasteiger partial charge in [0.25, 0.3) is 0 Å². The summed E-state index contributed by atoms with van der Waals surface area (Å²) >= 11 is 0. The van der Waals surface area contributed by atoms with Crippen molar-refractivity contribution in [1.82, 2.24) is 19.5 Å². The maximum Gasteiger partial charge on any atom is 0.159 e. The minimum atomic E-state index is 0.888. The van der Waals surface area contributed by atoms with E-state index in [0.717, 1.165) is 48.8 Å². The van der Waals surface area contributed by atoms with Gasteiger partial charge in [-0.2, -0.15) is 0 Å². The fraction of sp³-hybridized carbons (Fsp3) is 0.500. The average molecular weight is 259 g/mol. The van der Waals surface area contributed by atoms with Gasteiger partial charge in [-0.25, -0.2) is 15.0 Å². The van der Waals surface area contributed by atoms with Crippen LogP contribution in [0.4, 0.5) is 5.82 Å². The molecule has 0 fully saturated rings. The third kappa shape index (κ3) is 2.75. The van der Waals surface area contributed by atoms with Gasteiger partial charge < -0.3 is 9.88 Å². The van der Waals surface area contributed by atoms with Gasteiger partial charge in [0, 0.05) is 31.0 Å². The quantitative estimate of drug-likeness (QED) is 0.866. The highest BCUT2D eigenvalue weighted by Crippen LogP contribution is 2.24. The van der Waals surface area contributed by atoms with Gasteiger partial charge >= 0.3 is 0 Å². The van der Waals surface area contributed by atoms with Gasteiger partial charge in [-0.05, 0) is 19.8 Å². The number of rotatable bonds is 6. The molecule has 5 nitrogen and oxygen atoms in total. The van der Waals surface area contributed by atoms with E-state index in [-0.39, 0.29) is 0 Å². The minimum Gasteiger partial charge on any atom is -0.370 e. The van der Waals surface area contributed by atoms with E-state index in [1.165, 1.54) is 0 Å². The molecule has 0 aliphatic carbocycles. The first-order chi connectivity index (χ1) is 9.31. The van der Waals surface area contributed by atoms with Crippen LogP contribution in [0.1, 0.15) is 32.8 Å². The van der Waals surface area contributed by atoms with E-state index in [0.29, 0.717) is 0 Å². The van der Waals surface area contributed by atoms with Gasteiger partial charge in [0.1, 0.15) is 17.8 Å². The van der Waals surface area contributed by atoms with E-state index in [4.69, 9.17) is 0 Å². The van der Waals surface area contributed by atoms with Crippen molar-refractivity contribution in [1.29, 1.82) is 0 Å². The summed E-state index contributed by atoms with van der Waals surface area (Å²) in [5.41, 5.74) is 2.07. The van der Waals surface area contributed by atoms with Gasteiger partial charge in [-0.3, -0.25) is 0 Å². The zero-order valence-corrected chi connectivity index (χ0v) is 11.8. The van der Waals surface area contributed by atoms with Crippen LogP contribution in [0.15, 0.2) is 18.7 Å². The third-order valence-electron chi connectivity index (χ3n) is 3.11. The molecule has 2 rings (SSSR count). The number of aromatic nitrogens is 4. The highest BCUT2D eigenvalue weighted by atomic mass is 15.1. The molecule has 2 aromatic heterocycles. The largest absolute Gasteiger partial charge is 0.370 e. The number of hydrogen-bond acceptors (Lipinski definition) is 4. The van der Waals surface area contributed by atoms with Crippen LogP contribution in [-0.4, -0.2) is 26.1 Å². The maximum absolute atomic E-state index is 4.43. The number of nitrogens with one attached hydrogen (secondary N) is 1. The lowest BCUT2D eigenvalue weighted by atomic mass is 10.1. The molecule has 102 valence electrons. The molecule has 1 N–H and O–H groups in total. The Balaban J connectivity index is 2.45. The van der Waals surface area contributed by atoms with E-state index in [1.807, 2.05) is 12.4 Å². The van der Waals surface area contributed by atoms with Gasteiger partial charge in [0.15, 0.2) is 5.82 Å². The van der Waals surface area contributed by atoms with Gasteiger partial charge in [0.05, 0.1) is 0 Å². The molecule has 0 saturated carbocycles. The van der Waals surface area contributed by atoms with Crippen LogP contribution in [0, 0.1) is 0 Å². The Kier molecular flexibility index (Phi) is 4.49. The van der Waals surface area contributed by atoms with Crippen molar-refractivity contribution in [3.05, 3.63) is 24.3 Å². The van der Waals surface area contributed by atoms with E-state index < -0.39 is 0 Å². The maximum atomic E-state index is 4.43. The SMILES string of the molecule is CCCNc1ncnc(-c2nccn2CC)c1CC. The van der Waals surface area contributed by atoms with Crippen LogP contribution in [0.25, 0.3) is 11.5 Å². The molecule has 19 heavy (non-hydrogen) atoms. The van der Waals surface area contributed by atoms with E-state index in [2.05, 4.69) is 45.6 Å². The third-order valence-corrected chi connectivity index (χ3v) is 3.11. The summed E-state index contributed by atoms with van der Waals surface area (Å²) in [5, 5.41) is 3.37. The summed E-state index contributed by atoms with van der Waals surface area (Å²) in [6.07, 6.45) is 7.38. The van der Waals surface area contributed by atoms with E-state index in [1.54, 1.807) is 6.33 Å². The predicted molar refractivity (Wildman–Crippen MR) is 77.1 cm³/mol. The fourth-order valence-corrected chi connectivity index (χ4v) is 2.12. The van der Waals surface area contributed by atoms with Crippen LogP contribution in [-0.2, 0) is 13.0 Å². The molecule has 0 unspecified atom stereocenters. The standard InChI is InChI=1S/C14H21N5/c1-4-7-15-13-11(5-2)12(17-10-18-13)14-16-8-9-19(14)6-3/h8-10H,4-7H2,1-3H3,(H,15,17,18). The molecular formula is C14H21N5. The molecule has 0 aliphatic rings. The Hall–Kier alpha value is -1.91. The summed E-state index contributed by atoms with van der Waals surface area (Å²) in [4.78, 5) is 13.2. The van der Waals surface area contributed by atoms with Gasteiger partial charge in [0.2, 0.25) is 0 Å². The van der Waals surface area contributed by atoms with Crippen LogP contribution in [0.5, 0.6) is 0 Å². The lowest BCUT2D eigenvalue weighted by Crippen LogP contribution is -2.09. The predicted octanol–water partition coefficient (Wildman–Crippen LogP) is 2.74. The molecule has 2 aromatic rings. The van der Waals surface area contributed by atoms with E-state index >= 15 is 0 Å². The summed E-state index contributed by atoms with van der Waals surface area (Å²) in [6.45, 7) is 8.18. The van der Waals surface area contributed by atoms with Crippen molar-refractivity contribution in [3.8, 4) is 11.5 Å². The van der Waals surface area contributed by atoms with Crippen molar-refractivity contribution in [2.45, 2.75) is 40.2 Å². The van der Waals surface area contributed by atoms with Crippen LogP contribution in [0.3, 0.4) is 0 Å². The van der Waals surface area contributed by atoms with Crippen molar-refractivity contribution < 1.29 is 0 Å². The molecule has 0 aromatic carbocycles. The highest BCUT2D eigenvalue weighted by Gasteiger charge is 2.14. The summed E-state index contributed by atoms with van der Waals surface area (Å²) < 4.78 is 2.10. The highest BCUT2D eigenvalue weighted by molar-refractivity contribution is 5.63. The van der Waals surface area contributed by atoms with Crippen molar-refractivity contribution >= 4 is 5.82 Å². The second-order valence-corrected chi connectivity index (χ2v) is 4.37. The zero-order valence-electron chi connectivity index (χ0n) is 11.8. The molecule has 0 spiro atoms. The zero-order chi connectivity index (χ0) is 13.7. The van der Waals surface area contributed by atoms with Crippen LogP contribution in [0.2, 0.25) is 0 Å². The smallest absolute Gasteiger partial charge is 0.159 e. The van der Waals surface area contributed by atoms with Crippen molar-refractivity contribution in [2.75, 3.05) is 11.9 Å². The number of hydrogen-bond donors (Lipinski definition) is 1. The summed E-state index contributed by atoms with van der Waals surface area (Å²) in [7, 11) is 0. The Morgan fingerprint density at radius 2 is 2.00 bits per heavy atom. The minimum absolute atomic E-state index is 0.888. The molecule has 5 heteroatoms. The molecule has 0 bridgehead atoms. The number of anilines is 1. The number of nitrogens with zero attached hydrogens (tertiary/aromatic N) is 4. The molecule has 0 saturated heterocycles. The number of aryl methyl sites for hydroxylation is 1. The first-order valence-corrected chi connectivity index (χ1v) is 6.91. The lowest BCUT2D eigenvalue weighted by molar-refractivity contribution is 0.765. The Bertz CT molecular complexity index is 532. The first kappa shape index (κ1) is 13.5. The average Bonchev–Trinajstić information content (AvgIpc) is 2.92. The normalized spacial score (nSPS) is 10.7. The van der Waals surface area contributed by atoms with Crippen molar-refractivity contribution in [3.63, 3.8) is 0 Å². The lowest BCUT2D eigenvalue weighted by Gasteiger charge is -2.13. The number of imidazole rings is 1. The Morgan fingerprint density at radius 3 is 2.68 bits per heavy atom. The second-order valence-electron chi connectivity index (χ2n) is 4.37. The molecular weight excluding hydrogens is 238 g/mol. The Labute approximate surface area is 114 Å². The second kappa shape index (κ2) is 6.31. The van der Waals surface area contributed by atoms with Gasteiger partial charge in [-0.15, -0.1) is 0 Å². The topological polar surface area (TPSA) is 55.6 Å². The molecule has 0 atom stereocenters. The monoisotopic (exact) mass is 259 g/mol. The molecule has 0 aliphatic heterocycles. The molecule has 0 amide bonds.